The van der Waals surface area contributed by atoms with Gasteiger partial charge in [-0.05, 0) is 45.4 Å². The molecule has 1 N–H and O–H groups in total. The van der Waals surface area contributed by atoms with Crippen molar-refractivity contribution in [3.63, 3.8) is 0 Å². The molecule has 1 aliphatic carbocycles. The minimum Gasteiger partial charge on any atom is -0.371 e. The van der Waals surface area contributed by atoms with E-state index >= 15 is 0 Å². The fraction of sp³-hybridized carbons (Fsp3) is 1.00. The maximum atomic E-state index is 6.26. The van der Waals surface area contributed by atoms with Crippen molar-refractivity contribution in [2.24, 2.45) is 5.92 Å². The molecule has 0 aliphatic heterocycles. The van der Waals surface area contributed by atoms with Gasteiger partial charge in [0.05, 0.1) is 11.7 Å². The van der Waals surface area contributed by atoms with Gasteiger partial charge in [-0.15, -0.1) is 0 Å². The minimum absolute atomic E-state index is 0.101. The van der Waals surface area contributed by atoms with Crippen LogP contribution in [0.1, 0.15) is 66.7 Å². The summed E-state index contributed by atoms with van der Waals surface area (Å²) in [5.74, 6) is 0.929. The summed E-state index contributed by atoms with van der Waals surface area (Å²) in [5, 5.41) is 3.57. The Labute approximate surface area is 108 Å². The molecule has 0 amide bonds. The van der Waals surface area contributed by atoms with E-state index in [1.165, 1.54) is 32.1 Å². The molecule has 1 rings (SSSR count). The van der Waals surface area contributed by atoms with Gasteiger partial charge in [-0.1, -0.05) is 27.2 Å². The summed E-state index contributed by atoms with van der Waals surface area (Å²) in [7, 11) is 0. The zero-order valence-corrected chi connectivity index (χ0v) is 12.4. The molecular formula is C15H31NO. The second-order valence-corrected chi connectivity index (χ2v) is 6.24. The van der Waals surface area contributed by atoms with Crippen LogP contribution in [0.5, 0.6) is 0 Å². The van der Waals surface area contributed by atoms with Crippen LogP contribution >= 0.6 is 0 Å². The molecule has 1 saturated carbocycles. The van der Waals surface area contributed by atoms with Crippen molar-refractivity contribution in [2.45, 2.75) is 84.5 Å². The van der Waals surface area contributed by atoms with Gasteiger partial charge in [-0.25, -0.2) is 0 Å². The molecule has 0 aromatic carbocycles. The second-order valence-electron chi connectivity index (χ2n) is 6.24. The van der Waals surface area contributed by atoms with E-state index in [4.69, 9.17) is 4.74 Å². The Bertz CT molecular complexity index is 205. The molecule has 0 heterocycles. The minimum atomic E-state index is 0.101. The number of hydrogen-bond acceptors (Lipinski definition) is 2. The van der Waals surface area contributed by atoms with Crippen molar-refractivity contribution in [2.75, 3.05) is 6.54 Å². The normalized spacial score (nSPS) is 30.2. The SMILES string of the molecule is CCC1CCC(CNC(C)C)(OC(C)C)CC1. The highest BCUT2D eigenvalue weighted by Crippen LogP contribution is 2.36. The van der Waals surface area contributed by atoms with E-state index in [2.05, 4.69) is 39.9 Å². The molecule has 0 aromatic heterocycles. The quantitative estimate of drug-likeness (QED) is 0.764. The van der Waals surface area contributed by atoms with E-state index in [0.29, 0.717) is 12.1 Å². The highest BCUT2D eigenvalue weighted by molar-refractivity contribution is 4.90. The van der Waals surface area contributed by atoms with Gasteiger partial charge in [0.15, 0.2) is 0 Å². The van der Waals surface area contributed by atoms with Gasteiger partial charge in [0.1, 0.15) is 0 Å². The third kappa shape index (κ3) is 4.97. The number of ether oxygens (including phenoxy) is 1. The Kier molecular flexibility index (Phi) is 5.94. The molecule has 0 spiro atoms. The molecule has 0 saturated heterocycles. The predicted molar refractivity (Wildman–Crippen MR) is 74.3 cm³/mol. The fourth-order valence-electron chi connectivity index (χ4n) is 2.84. The zero-order chi connectivity index (χ0) is 12.9. The Morgan fingerprint density at radius 2 is 1.76 bits per heavy atom. The lowest BCUT2D eigenvalue weighted by atomic mass is 9.77. The summed E-state index contributed by atoms with van der Waals surface area (Å²) in [6, 6.07) is 0.548. The van der Waals surface area contributed by atoms with Gasteiger partial charge in [0, 0.05) is 12.6 Å². The first-order valence-electron chi connectivity index (χ1n) is 7.38. The summed E-state index contributed by atoms with van der Waals surface area (Å²) in [6.45, 7) is 12.1. The maximum absolute atomic E-state index is 6.26. The van der Waals surface area contributed by atoms with E-state index in [1.54, 1.807) is 0 Å². The molecule has 2 heteroatoms. The number of rotatable bonds is 6. The lowest BCUT2D eigenvalue weighted by Gasteiger charge is -2.42. The van der Waals surface area contributed by atoms with Crippen LogP contribution in [0.15, 0.2) is 0 Å². The van der Waals surface area contributed by atoms with E-state index < -0.39 is 0 Å². The van der Waals surface area contributed by atoms with Crippen molar-refractivity contribution in [1.29, 1.82) is 0 Å². The summed E-state index contributed by atoms with van der Waals surface area (Å²) in [6.07, 6.45) is 6.79. The first-order valence-corrected chi connectivity index (χ1v) is 7.38. The molecule has 0 unspecified atom stereocenters. The average molecular weight is 241 g/mol. The number of nitrogens with one attached hydrogen (secondary N) is 1. The fourth-order valence-corrected chi connectivity index (χ4v) is 2.84. The van der Waals surface area contributed by atoms with Gasteiger partial charge in [-0.2, -0.15) is 0 Å². The third-order valence-electron chi connectivity index (χ3n) is 3.91. The molecule has 1 aliphatic rings. The molecular weight excluding hydrogens is 210 g/mol. The zero-order valence-electron chi connectivity index (χ0n) is 12.4. The smallest absolute Gasteiger partial charge is 0.0810 e. The van der Waals surface area contributed by atoms with Crippen LogP contribution < -0.4 is 5.32 Å². The molecule has 102 valence electrons. The Hall–Kier alpha value is -0.0800. The Balaban J connectivity index is 2.54. The van der Waals surface area contributed by atoms with E-state index in [9.17, 15) is 0 Å². The molecule has 0 bridgehead atoms. The maximum Gasteiger partial charge on any atom is 0.0810 e. The van der Waals surface area contributed by atoms with Gasteiger partial charge in [0.25, 0.3) is 0 Å². The van der Waals surface area contributed by atoms with Crippen LogP contribution in [0.25, 0.3) is 0 Å². The van der Waals surface area contributed by atoms with E-state index in [0.717, 1.165) is 12.5 Å². The Morgan fingerprint density at radius 3 is 2.18 bits per heavy atom. The van der Waals surface area contributed by atoms with Crippen molar-refractivity contribution < 1.29 is 4.74 Å². The van der Waals surface area contributed by atoms with Crippen LogP contribution in [0.2, 0.25) is 0 Å². The van der Waals surface area contributed by atoms with Crippen LogP contribution in [0.4, 0.5) is 0 Å². The molecule has 2 nitrogen and oxygen atoms in total. The molecule has 0 radical (unpaired) electrons. The molecule has 17 heavy (non-hydrogen) atoms. The van der Waals surface area contributed by atoms with Crippen molar-refractivity contribution in [1.82, 2.24) is 5.32 Å². The largest absolute Gasteiger partial charge is 0.371 e. The van der Waals surface area contributed by atoms with Crippen LogP contribution in [0.3, 0.4) is 0 Å². The van der Waals surface area contributed by atoms with Crippen LogP contribution in [-0.4, -0.2) is 24.3 Å². The van der Waals surface area contributed by atoms with E-state index in [1.807, 2.05) is 0 Å². The van der Waals surface area contributed by atoms with Crippen molar-refractivity contribution in [3.8, 4) is 0 Å². The first kappa shape index (κ1) is 15.0. The standard InChI is InChI=1S/C15H31NO/c1-6-14-7-9-15(10-8-14,17-13(4)5)11-16-12(2)3/h12-14,16H,6-11H2,1-5H3. The average Bonchev–Trinajstić information content (AvgIpc) is 2.27. The Morgan fingerprint density at radius 1 is 1.18 bits per heavy atom. The highest BCUT2D eigenvalue weighted by Gasteiger charge is 2.36. The van der Waals surface area contributed by atoms with Crippen LogP contribution in [-0.2, 0) is 4.74 Å². The predicted octanol–water partition coefficient (Wildman–Crippen LogP) is 3.75. The number of hydrogen-bond donors (Lipinski definition) is 1. The topological polar surface area (TPSA) is 21.3 Å². The molecule has 0 atom stereocenters. The van der Waals surface area contributed by atoms with Gasteiger partial charge < -0.3 is 10.1 Å². The summed E-state index contributed by atoms with van der Waals surface area (Å²) in [5.41, 5.74) is 0.101. The van der Waals surface area contributed by atoms with E-state index in [-0.39, 0.29) is 5.60 Å². The van der Waals surface area contributed by atoms with Gasteiger partial charge >= 0.3 is 0 Å². The molecule has 1 fully saturated rings. The third-order valence-corrected chi connectivity index (χ3v) is 3.91. The van der Waals surface area contributed by atoms with Crippen molar-refractivity contribution in [3.05, 3.63) is 0 Å². The summed E-state index contributed by atoms with van der Waals surface area (Å²) >= 11 is 0. The highest BCUT2D eigenvalue weighted by atomic mass is 16.5. The van der Waals surface area contributed by atoms with Gasteiger partial charge in [0.2, 0.25) is 0 Å². The first-order chi connectivity index (χ1) is 7.97. The second kappa shape index (κ2) is 6.75. The van der Waals surface area contributed by atoms with Crippen molar-refractivity contribution >= 4 is 0 Å². The monoisotopic (exact) mass is 241 g/mol. The summed E-state index contributed by atoms with van der Waals surface area (Å²) < 4.78 is 6.26. The molecule has 0 aromatic rings. The van der Waals surface area contributed by atoms with Crippen LogP contribution in [0, 0.1) is 5.92 Å². The van der Waals surface area contributed by atoms with Gasteiger partial charge in [-0.3, -0.25) is 0 Å². The lowest BCUT2D eigenvalue weighted by molar-refractivity contribution is -0.106. The lowest BCUT2D eigenvalue weighted by Crippen LogP contribution is -2.48. The summed E-state index contributed by atoms with van der Waals surface area (Å²) in [4.78, 5) is 0.